The van der Waals surface area contributed by atoms with Crippen LogP contribution in [0.4, 0.5) is 4.79 Å². The lowest BCUT2D eigenvalue weighted by Gasteiger charge is -2.24. The molecule has 1 rings (SSSR count). The fourth-order valence-corrected chi connectivity index (χ4v) is 2.42. The van der Waals surface area contributed by atoms with Crippen molar-refractivity contribution in [3.05, 3.63) is 16.1 Å². The van der Waals surface area contributed by atoms with Crippen molar-refractivity contribution in [3.63, 3.8) is 0 Å². The SMILES string of the molecule is CCCN(Cc1nc(C(=O)OCC)cs1)C(=O)N(C)C. The predicted octanol–water partition coefficient (Wildman–Crippen LogP) is 2.21. The zero-order valence-electron chi connectivity index (χ0n) is 12.4. The van der Waals surface area contributed by atoms with Crippen LogP contribution < -0.4 is 0 Å². The Balaban J connectivity index is 2.74. The van der Waals surface area contributed by atoms with Crippen molar-refractivity contribution in [2.45, 2.75) is 26.8 Å². The van der Waals surface area contributed by atoms with Gasteiger partial charge in [0.1, 0.15) is 5.01 Å². The average Bonchev–Trinajstić information content (AvgIpc) is 2.86. The molecule has 7 heteroatoms. The number of hydrogen-bond acceptors (Lipinski definition) is 5. The van der Waals surface area contributed by atoms with Crippen LogP contribution in [-0.4, -0.2) is 54.0 Å². The van der Waals surface area contributed by atoms with Gasteiger partial charge in [0, 0.05) is 26.0 Å². The van der Waals surface area contributed by atoms with Crippen molar-refractivity contribution in [3.8, 4) is 0 Å². The molecule has 0 saturated heterocycles. The molecule has 0 aliphatic heterocycles. The molecule has 1 aromatic rings. The van der Waals surface area contributed by atoms with Gasteiger partial charge in [0.25, 0.3) is 0 Å². The first kappa shape index (κ1) is 16.4. The first-order valence-electron chi connectivity index (χ1n) is 6.57. The summed E-state index contributed by atoms with van der Waals surface area (Å²) in [6.45, 7) is 5.17. The normalized spacial score (nSPS) is 10.2. The molecule has 112 valence electrons. The maximum atomic E-state index is 12.0. The molecule has 0 aromatic carbocycles. The molecule has 0 unspecified atom stereocenters. The van der Waals surface area contributed by atoms with Gasteiger partial charge in [-0.05, 0) is 13.3 Å². The van der Waals surface area contributed by atoms with Crippen molar-refractivity contribution in [2.24, 2.45) is 0 Å². The van der Waals surface area contributed by atoms with Crippen molar-refractivity contribution < 1.29 is 14.3 Å². The fraction of sp³-hybridized carbons (Fsp3) is 0.615. The molecule has 0 N–H and O–H groups in total. The summed E-state index contributed by atoms with van der Waals surface area (Å²) in [6, 6.07) is -0.0558. The highest BCUT2D eigenvalue weighted by atomic mass is 32.1. The van der Waals surface area contributed by atoms with Gasteiger partial charge in [0.15, 0.2) is 5.69 Å². The topological polar surface area (TPSA) is 62.7 Å². The number of hydrogen-bond donors (Lipinski definition) is 0. The Morgan fingerprint density at radius 1 is 1.35 bits per heavy atom. The van der Waals surface area contributed by atoms with Crippen LogP contribution in [0.3, 0.4) is 0 Å². The number of nitrogens with zero attached hydrogens (tertiary/aromatic N) is 3. The van der Waals surface area contributed by atoms with Crippen LogP contribution in [0.1, 0.15) is 35.8 Å². The van der Waals surface area contributed by atoms with Crippen molar-refractivity contribution >= 4 is 23.3 Å². The third-order valence-corrected chi connectivity index (χ3v) is 3.34. The highest BCUT2D eigenvalue weighted by Crippen LogP contribution is 2.14. The Morgan fingerprint density at radius 2 is 2.05 bits per heavy atom. The van der Waals surface area contributed by atoms with Gasteiger partial charge in [-0.2, -0.15) is 0 Å². The van der Waals surface area contributed by atoms with Gasteiger partial charge in [-0.1, -0.05) is 6.92 Å². The summed E-state index contributed by atoms with van der Waals surface area (Å²) in [4.78, 5) is 31.0. The highest BCUT2D eigenvalue weighted by Gasteiger charge is 2.18. The van der Waals surface area contributed by atoms with Gasteiger partial charge in [0.2, 0.25) is 0 Å². The Morgan fingerprint density at radius 3 is 2.60 bits per heavy atom. The van der Waals surface area contributed by atoms with E-state index in [2.05, 4.69) is 4.98 Å². The number of esters is 1. The molecule has 0 atom stereocenters. The fourth-order valence-electron chi connectivity index (χ4n) is 1.64. The summed E-state index contributed by atoms with van der Waals surface area (Å²) in [5, 5.41) is 2.40. The summed E-state index contributed by atoms with van der Waals surface area (Å²) in [6.07, 6.45) is 0.871. The zero-order chi connectivity index (χ0) is 15.1. The first-order chi connectivity index (χ1) is 9.49. The number of carbonyl (C=O) groups excluding carboxylic acids is 2. The van der Waals surface area contributed by atoms with Crippen LogP contribution >= 0.6 is 11.3 Å². The summed E-state index contributed by atoms with van der Waals surface area (Å²) >= 11 is 1.36. The molecule has 0 bridgehead atoms. The Bertz CT molecular complexity index is 459. The molecule has 1 heterocycles. The van der Waals surface area contributed by atoms with Crippen molar-refractivity contribution in [1.29, 1.82) is 0 Å². The lowest BCUT2D eigenvalue weighted by molar-refractivity contribution is 0.0520. The minimum Gasteiger partial charge on any atom is -0.461 e. The van der Waals surface area contributed by atoms with E-state index in [1.165, 1.54) is 16.2 Å². The Labute approximate surface area is 123 Å². The van der Waals surface area contributed by atoms with Gasteiger partial charge >= 0.3 is 12.0 Å². The molecule has 20 heavy (non-hydrogen) atoms. The number of carbonyl (C=O) groups is 2. The third-order valence-electron chi connectivity index (χ3n) is 2.51. The average molecular weight is 299 g/mol. The number of amides is 2. The lowest BCUT2D eigenvalue weighted by atomic mass is 10.4. The minimum absolute atomic E-state index is 0.0558. The monoisotopic (exact) mass is 299 g/mol. The molecular weight excluding hydrogens is 278 g/mol. The van der Waals surface area contributed by atoms with Gasteiger partial charge in [-0.3, -0.25) is 0 Å². The summed E-state index contributed by atoms with van der Waals surface area (Å²) in [7, 11) is 3.44. The molecule has 0 radical (unpaired) electrons. The standard InChI is InChI=1S/C13H21N3O3S/c1-5-7-16(13(18)15(3)4)8-11-14-10(9-20-11)12(17)19-6-2/h9H,5-8H2,1-4H3. The number of urea groups is 1. The molecule has 0 aliphatic rings. The van der Waals surface area contributed by atoms with E-state index in [4.69, 9.17) is 4.74 Å². The van der Waals surface area contributed by atoms with Gasteiger partial charge in [-0.25, -0.2) is 14.6 Å². The van der Waals surface area contributed by atoms with Crippen LogP contribution in [-0.2, 0) is 11.3 Å². The van der Waals surface area contributed by atoms with Crippen LogP contribution in [0.25, 0.3) is 0 Å². The third kappa shape index (κ3) is 4.48. The quantitative estimate of drug-likeness (QED) is 0.756. The van der Waals surface area contributed by atoms with E-state index in [-0.39, 0.29) is 6.03 Å². The number of rotatable bonds is 6. The van der Waals surface area contributed by atoms with E-state index in [0.717, 1.165) is 11.4 Å². The number of thiazole rings is 1. The Hall–Kier alpha value is -1.63. The number of aromatic nitrogens is 1. The molecule has 0 saturated carbocycles. The second-order valence-electron chi connectivity index (χ2n) is 4.45. The van der Waals surface area contributed by atoms with E-state index in [0.29, 0.717) is 25.4 Å². The van der Waals surface area contributed by atoms with Crippen LogP contribution in [0.5, 0.6) is 0 Å². The van der Waals surface area contributed by atoms with Gasteiger partial charge in [0.05, 0.1) is 13.2 Å². The van der Waals surface area contributed by atoms with E-state index in [1.54, 1.807) is 31.3 Å². The van der Waals surface area contributed by atoms with E-state index < -0.39 is 5.97 Å². The molecule has 0 fully saturated rings. The summed E-state index contributed by atoms with van der Waals surface area (Å²) in [5.74, 6) is -0.420. The minimum atomic E-state index is -0.420. The lowest BCUT2D eigenvalue weighted by Crippen LogP contribution is -2.39. The molecule has 1 aromatic heterocycles. The van der Waals surface area contributed by atoms with Crippen LogP contribution in [0.15, 0.2) is 5.38 Å². The van der Waals surface area contributed by atoms with E-state index in [1.807, 2.05) is 6.92 Å². The van der Waals surface area contributed by atoms with Gasteiger partial charge in [-0.15, -0.1) is 11.3 Å². The highest BCUT2D eigenvalue weighted by molar-refractivity contribution is 7.09. The first-order valence-corrected chi connectivity index (χ1v) is 7.45. The van der Waals surface area contributed by atoms with Gasteiger partial charge < -0.3 is 14.5 Å². The maximum Gasteiger partial charge on any atom is 0.357 e. The summed E-state index contributed by atoms with van der Waals surface area (Å²) < 4.78 is 4.90. The molecular formula is C13H21N3O3S. The molecule has 0 spiro atoms. The largest absolute Gasteiger partial charge is 0.461 e. The van der Waals surface area contributed by atoms with Crippen LogP contribution in [0, 0.1) is 0 Å². The second-order valence-corrected chi connectivity index (χ2v) is 5.39. The predicted molar refractivity (Wildman–Crippen MR) is 77.9 cm³/mol. The zero-order valence-corrected chi connectivity index (χ0v) is 13.2. The van der Waals surface area contributed by atoms with Crippen molar-refractivity contribution in [1.82, 2.24) is 14.8 Å². The smallest absolute Gasteiger partial charge is 0.357 e. The maximum absolute atomic E-state index is 12.0. The van der Waals surface area contributed by atoms with E-state index >= 15 is 0 Å². The van der Waals surface area contributed by atoms with Crippen molar-refractivity contribution in [2.75, 3.05) is 27.2 Å². The number of ether oxygens (including phenoxy) is 1. The molecule has 0 aliphatic carbocycles. The molecule has 2 amide bonds. The van der Waals surface area contributed by atoms with Crippen LogP contribution in [0.2, 0.25) is 0 Å². The molecule has 6 nitrogen and oxygen atoms in total. The second kappa shape index (κ2) is 7.84. The Kier molecular flexibility index (Phi) is 6.44. The van der Waals surface area contributed by atoms with E-state index in [9.17, 15) is 9.59 Å². The summed E-state index contributed by atoms with van der Waals surface area (Å²) in [5.41, 5.74) is 0.306.